The predicted molar refractivity (Wildman–Crippen MR) is 102 cm³/mol. The summed E-state index contributed by atoms with van der Waals surface area (Å²) >= 11 is 0. The van der Waals surface area contributed by atoms with Gasteiger partial charge in [-0.25, -0.2) is 0 Å². The van der Waals surface area contributed by atoms with Crippen molar-refractivity contribution in [3.05, 3.63) is 65.2 Å². The molecule has 1 aliphatic heterocycles. The van der Waals surface area contributed by atoms with Gasteiger partial charge in [0.2, 0.25) is 0 Å². The van der Waals surface area contributed by atoms with Crippen LogP contribution in [-0.4, -0.2) is 17.7 Å². The molecule has 0 fully saturated rings. The van der Waals surface area contributed by atoms with Gasteiger partial charge in [-0.05, 0) is 63.6 Å². The van der Waals surface area contributed by atoms with Crippen LogP contribution in [0.3, 0.4) is 0 Å². The average Bonchev–Trinajstić information content (AvgIpc) is 2.85. The SMILES string of the molecule is CC1=NN(c2ccc(C)cc2)C(=O)/C1=C/c1ccc(OC(C)C)cc1. The molecule has 0 saturated heterocycles. The average molecular weight is 334 g/mol. The fourth-order valence-electron chi connectivity index (χ4n) is 2.63. The molecule has 0 N–H and O–H groups in total. The van der Waals surface area contributed by atoms with Crippen LogP contribution in [-0.2, 0) is 4.79 Å². The molecule has 25 heavy (non-hydrogen) atoms. The fraction of sp³-hybridized carbons (Fsp3) is 0.238. The van der Waals surface area contributed by atoms with Gasteiger partial charge < -0.3 is 4.74 Å². The standard InChI is InChI=1S/C21H22N2O2/c1-14(2)25-19-11-7-17(8-12-19)13-20-16(4)22-23(21(20)24)18-9-5-15(3)6-10-18/h5-14H,1-4H3/b20-13+. The van der Waals surface area contributed by atoms with Gasteiger partial charge in [0.1, 0.15) is 5.75 Å². The maximum atomic E-state index is 12.7. The highest BCUT2D eigenvalue weighted by Crippen LogP contribution is 2.25. The Hall–Kier alpha value is -2.88. The van der Waals surface area contributed by atoms with E-state index >= 15 is 0 Å². The van der Waals surface area contributed by atoms with Crippen LogP contribution < -0.4 is 9.75 Å². The topological polar surface area (TPSA) is 41.9 Å². The van der Waals surface area contributed by atoms with Crippen molar-refractivity contribution in [2.24, 2.45) is 5.10 Å². The van der Waals surface area contributed by atoms with Crippen LogP contribution >= 0.6 is 0 Å². The number of hydrogen-bond acceptors (Lipinski definition) is 3. The van der Waals surface area contributed by atoms with Gasteiger partial charge in [-0.1, -0.05) is 29.8 Å². The lowest BCUT2D eigenvalue weighted by molar-refractivity contribution is -0.114. The Morgan fingerprint density at radius 3 is 2.24 bits per heavy atom. The van der Waals surface area contributed by atoms with Crippen LogP contribution in [0.5, 0.6) is 5.75 Å². The van der Waals surface area contributed by atoms with Gasteiger partial charge in [0.15, 0.2) is 0 Å². The summed E-state index contributed by atoms with van der Waals surface area (Å²) in [5.41, 5.74) is 4.19. The lowest BCUT2D eigenvalue weighted by Gasteiger charge is -2.12. The number of aryl methyl sites for hydroxylation is 1. The summed E-state index contributed by atoms with van der Waals surface area (Å²) in [4.78, 5) is 12.7. The zero-order valence-corrected chi connectivity index (χ0v) is 15.0. The van der Waals surface area contributed by atoms with Crippen LogP contribution in [0, 0.1) is 6.92 Å². The van der Waals surface area contributed by atoms with Crippen molar-refractivity contribution < 1.29 is 9.53 Å². The van der Waals surface area contributed by atoms with Crippen molar-refractivity contribution in [2.45, 2.75) is 33.8 Å². The van der Waals surface area contributed by atoms with E-state index in [-0.39, 0.29) is 12.0 Å². The molecule has 4 heteroatoms. The van der Waals surface area contributed by atoms with E-state index < -0.39 is 0 Å². The molecular weight excluding hydrogens is 312 g/mol. The van der Waals surface area contributed by atoms with Gasteiger partial charge in [0.05, 0.1) is 23.1 Å². The maximum Gasteiger partial charge on any atom is 0.280 e. The number of rotatable bonds is 4. The molecule has 2 aromatic carbocycles. The van der Waals surface area contributed by atoms with E-state index in [2.05, 4.69) is 5.10 Å². The molecule has 3 rings (SSSR count). The Morgan fingerprint density at radius 2 is 1.64 bits per heavy atom. The van der Waals surface area contributed by atoms with E-state index in [4.69, 9.17) is 4.74 Å². The van der Waals surface area contributed by atoms with E-state index in [1.165, 1.54) is 5.01 Å². The minimum Gasteiger partial charge on any atom is -0.491 e. The van der Waals surface area contributed by atoms with E-state index in [0.717, 1.165) is 22.6 Å². The Morgan fingerprint density at radius 1 is 1.00 bits per heavy atom. The highest BCUT2D eigenvalue weighted by Gasteiger charge is 2.28. The summed E-state index contributed by atoms with van der Waals surface area (Å²) in [5, 5.41) is 5.87. The van der Waals surface area contributed by atoms with Gasteiger partial charge in [-0.2, -0.15) is 10.1 Å². The van der Waals surface area contributed by atoms with Crippen LogP contribution in [0.1, 0.15) is 31.9 Å². The molecule has 0 spiro atoms. The number of anilines is 1. The summed E-state index contributed by atoms with van der Waals surface area (Å²) in [7, 11) is 0. The molecule has 128 valence electrons. The summed E-state index contributed by atoms with van der Waals surface area (Å²) in [6, 6.07) is 15.5. The number of benzene rings is 2. The minimum atomic E-state index is -0.108. The fourth-order valence-corrected chi connectivity index (χ4v) is 2.63. The molecule has 0 aliphatic carbocycles. The number of carbonyl (C=O) groups is 1. The third-order valence-corrected chi connectivity index (χ3v) is 3.90. The lowest BCUT2D eigenvalue weighted by Crippen LogP contribution is -2.21. The predicted octanol–water partition coefficient (Wildman–Crippen LogP) is 4.59. The molecule has 0 bridgehead atoms. The van der Waals surface area contributed by atoms with Gasteiger partial charge in [-0.15, -0.1) is 0 Å². The number of nitrogens with zero attached hydrogens (tertiary/aromatic N) is 2. The lowest BCUT2D eigenvalue weighted by atomic mass is 10.1. The second-order valence-corrected chi connectivity index (χ2v) is 6.43. The highest BCUT2D eigenvalue weighted by atomic mass is 16.5. The normalized spacial score (nSPS) is 15.9. The third-order valence-electron chi connectivity index (χ3n) is 3.90. The van der Waals surface area contributed by atoms with Crippen molar-refractivity contribution in [1.82, 2.24) is 0 Å². The molecule has 0 atom stereocenters. The van der Waals surface area contributed by atoms with Crippen molar-refractivity contribution in [3.8, 4) is 5.75 Å². The first kappa shape index (κ1) is 17.0. The zero-order valence-electron chi connectivity index (χ0n) is 15.0. The van der Waals surface area contributed by atoms with E-state index in [9.17, 15) is 4.79 Å². The first-order valence-electron chi connectivity index (χ1n) is 8.39. The van der Waals surface area contributed by atoms with E-state index in [0.29, 0.717) is 11.3 Å². The van der Waals surface area contributed by atoms with Gasteiger partial charge in [0, 0.05) is 0 Å². The number of hydrazone groups is 1. The minimum absolute atomic E-state index is 0.108. The molecular formula is C21H22N2O2. The Labute approximate surface area is 148 Å². The summed E-state index contributed by atoms with van der Waals surface area (Å²) in [5.74, 6) is 0.713. The van der Waals surface area contributed by atoms with Gasteiger partial charge in [-0.3, -0.25) is 4.79 Å². The number of amides is 1. The second-order valence-electron chi connectivity index (χ2n) is 6.43. The Balaban J connectivity index is 1.83. The Kier molecular flexibility index (Phi) is 4.70. The Bertz CT molecular complexity index is 831. The first-order chi connectivity index (χ1) is 11.9. The molecule has 1 amide bonds. The largest absolute Gasteiger partial charge is 0.491 e. The molecule has 0 unspecified atom stereocenters. The number of hydrogen-bond donors (Lipinski definition) is 0. The monoisotopic (exact) mass is 334 g/mol. The molecule has 0 saturated carbocycles. The van der Waals surface area contributed by atoms with Crippen molar-refractivity contribution in [3.63, 3.8) is 0 Å². The van der Waals surface area contributed by atoms with Gasteiger partial charge in [0.25, 0.3) is 5.91 Å². The highest BCUT2D eigenvalue weighted by molar-refractivity contribution is 6.32. The van der Waals surface area contributed by atoms with Crippen molar-refractivity contribution in [2.75, 3.05) is 5.01 Å². The smallest absolute Gasteiger partial charge is 0.280 e. The maximum absolute atomic E-state index is 12.7. The van der Waals surface area contributed by atoms with Crippen molar-refractivity contribution >= 4 is 23.4 Å². The van der Waals surface area contributed by atoms with E-state index in [1.54, 1.807) is 0 Å². The van der Waals surface area contributed by atoms with Crippen LogP contribution in [0.15, 0.2) is 59.2 Å². The molecule has 1 aliphatic rings. The first-order valence-corrected chi connectivity index (χ1v) is 8.39. The zero-order chi connectivity index (χ0) is 18.0. The number of carbonyl (C=O) groups excluding carboxylic acids is 1. The quantitative estimate of drug-likeness (QED) is 0.768. The third kappa shape index (κ3) is 3.79. The van der Waals surface area contributed by atoms with Crippen LogP contribution in [0.4, 0.5) is 5.69 Å². The van der Waals surface area contributed by atoms with Crippen molar-refractivity contribution in [1.29, 1.82) is 0 Å². The second kappa shape index (κ2) is 6.93. The molecule has 2 aromatic rings. The summed E-state index contributed by atoms with van der Waals surface area (Å²) in [6.45, 7) is 7.86. The van der Waals surface area contributed by atoms with Crippen LogP contribution in [0.25, 0.3) is 6.08 Å². The van der Waals surface area contributed by atoms with Crippen LogP contribution in [0.2, 0.25) is 0 Å². The molecule has 0 aromatic heterocycles. The molecule has 1 heterocycles. The molecule has 4 nitrogen and oxygen atoms in total. The summed E-state index contributed by atoms with van der Waals surface area (Å²) < 4.78 is 5.65. The summed E-state index contributed by atoms with van der Waals surface area (Å²) in [6.07, 6.45) is 2.01. The van der Waals surface area contributed by atoms with E-state index in [1.807, 2.05) is 82.3 Å². The number of ether oxygens (including phenoxy) is 1. The molecule has 0 radical (unpaired) electrons. The van der Waals surface area contributed by atoms with Gasteiger partial charge >= 0.3 is 0 Å².